The number of nitrogens with one attached hydrogen (secondary N) is 3. The van der Waals surface area contributed by atoms with Crippen LogP contribution in [-0.4, -0.2) is 30.9 Å². The molecule has 0 spiro atoms. The van der Waals surface area contributed by atoms with E-state index in [1.165, 1.54) is 11.8 Å². The van der Waals surface area contributed by atoms with Gasteiger partial charge < -0.3 is 30.2 Å². The van der Waals surface area contributed by atoms with Crippen LogP contribution in [0, 0.1) is 5.41 Å². The largest absolute Gasteiger partial charge is 0.491 e. The number of allylic oxidation sites excluding steroid dienone is 1. The molecule has 0 amide bonds. The molecule has 4 N–H and O–H groups in total. The molecule has 174 valence electrons. The van der Waals surface area contributed by atoms with E-state index in [0.717, 1.165) is 42.7 Å². The molecule has 0 radical (unpaired) electrons. The summed E-state index contributed by atoms with van der Waals surface area (Å²) in [5.74, 6) is 0.785. The molecular formula is C24H34N3O4P. The minimum Gasteiger partial charge on any atom is -0.491 e. The third-order valence-corrected chi connectivity index (χ3v) is 5.19. The summed E-state index contributed by atoms with van der Waals surface area (Å²) in [6, 6.07) is 16.5. The van der Waals surface area contributed by atoms with Crippen LogP contribution in [0.5, 0.6) is 5.75 Å². The summed E-state index contributed by atoms with van der Waals surface area (Å²) < 4.78 is 21.2. The highest BCUT2D eigenvalue weighted by molar-refractivity contribution is 7.32. The Labute approximate surface area is 191 Å². The number of rotatable bonds is 17. The highest BCUT2D eigenvalue weighted by Crippen LogP contribution is 2.26. The molecule has 0 saturated carbocycles. The Kier molecular flexibility index (Phi) is 13.1. The van der Waals surface area contributed by atoms with Crippen LogP contribution in [0.15, 0.2) is 60.8 Å². The van der Waals surface area contributed by atoms with Gasteiger partial charge in [-0.3, -0.25) is 4.57 Å². The molecule has 2 aromatic rings. The third-order valence-electron chi connectivity index (χ3n) is 4.74. The fraction of sp³-hybridized carbons (Fsp3) is 0.375. The second-order valence-corrected chi connectivity index (χ2v) is 8.11. The summed E-state index contributed by atoms with van der Waals surface area (Å²) in [5, 5.41) is 13.6. The molecule has 7 nitrogen and oxygen atoms in total. The van der Waals surface area contributed by atoms with Crippen molar-refractivity contribution in [2.45, 2.75) is 38.6 Å². The minimum atomic E-state index is -2.84. The van der Waals surface area contributed by atoms with Gasteiger partial charge >= 0.3 is 8.25 Å². The minimum absolute atomic E-state index is 0.265. The molecule has 32 heavy (non-hydrogen) atoms. The number of benzene rings is 2. The predicted molar refractivity (Wildman–Crippen MR) is 131 cm³/mol. The Balaban J connectivity index is 1.76. The van der Waals surface area contributed by atoms with E-state index in [1.807, 2.05) is 24.3 Å². The lowest BCUT2D eigenvalue weighted by Gasteiger charge is -2.14. The molecule has 1 unspecified atom stereocenters. The van der Waals surface area contributed by atoms with Crippen molar-refractivity contribution >= 4 is 20.2 Å². The summed E-state index contributed by atoms with van der Waals surface area (Å²) in [5.41, 5.74) is 3.32. The van der Waals surface area contributed by atoms with Crippen LogP contribution in [0.1, 0.15) is 36.8 Å². The Hall–Kier alpha value is -2.44. The molecule has 0 aliphatic heterocycles. The zero-order valence-electron chi connectivity index (χ0n) is 18.4. The van der Waals surface area contributed by atoms with Gasteiger partial charge in [0, 0.05) is 19.0 Å². The van der Waals surface area contributed by atoms with E-state index in [2.05, 4.69) is 39.4 Å². The maximum atomic E-state index is 10.5. The third kappa shape index (κ3) is 11.3. The van der Waals surface area contributed by atoms with E-state index in [0.29, 0.717) is 26.1 Å². The van der Waals surface area contributed by atoms with E-state index in [4.69, 9.17) is 15.0 Å². The van der Waals surface area contributed by atoms with Gasteiger partial charge in [-0.05, 0) is 68.0 Å². The zero-order chi connectivity index (χ0) is 22.9. The number of hydrogen-bond donors (Lipinski definition) is 4. The van der Waals surface area contributed by atoms with Crippen molar-refractivity contribution in [3.63, 3.8) is 0 Å². The first-order chi connectivity index (χ1) is 15.7. The maximum Gasteiger partial charge on any atom is 0.316 e. The molecule has 0 bridgehead atoms. The van der Waals surface area contributed by atoms with Gasteiger partial charge in [0.15, 0.2) is 0 Å². The van der Waals surface area contributed by atoms with Crippen molar-refractivity contribution in [1.29, 1.82) is 5.41 Å². The van der Waals surface area contributed by atoms with E-state index >= 15 is 0 Å². The lowest BCUT2D eigenvalue weighted by molar-refractivity contribution is 0.276. The quantitative estimate of drug-likeness (QED) is 0.152. The molecule has 2 aromatic carbocycles. The van der Waals surface area contributed by atoms with Gasteiger partial charge in [-0.15, -0.1) is 0 Å². The number of aryl methyl sites for hydroxylation is 1. The van der Waals surface area contributed by atoms with Gasteiger partial charge in [-0.25, -0.2) is 0 Å². The van der Waals surface area contributed by atoms with Gasteiger partial charge in [0.2, 0.25) is 0 Å². The molecule has 0 saturated heterocycles. The van der Waals surface area contributed by atoms with E-state index in [9.17, 15) is 4.57 Å². The van der Waals surface area contributed by atoms with Crippen molar-refractivity contribution in [1.82, 2.24) is 5.32 Å². The van der Waals surface area contributed by atoms with Crippen LogP contribution in [0.4, 0.5) is 5.69 Å². The maximum absolute atomic E-state index is 10.5. The molecule has 0 aliphatic carbocycles. The second-order valence-electron chi connectivity index (χ2n) is 7.29. The second kappa shape index (κ2) is 16.2. The van der Waals surface area contributed by atoms with Gasteiger partial charge in [-0.2, -0.15) is 0 Å². The summed E-state index contributed by atoms with van der Waals surface area (Å²) in [6.07, 6.45) is 9.55. The summed E-state index contributed by atoms with van der Waals surface area (Å²) in [6.45, 7) is 2.27. The molecule has 0 heterocycles. The molecule has 1 atom stereocenters. The van der Waals surface area contributed by atoms with Gasteiger partial charge in [0.05, 0.1) is 18.9 Å². The normalized spacial score (nSPS) is 12.0. The molecule has 8 heteroatoms. The predicted octanol–water partition coefficient (Wildman–Crippen LogP) is 4.93. The Morgan fingerprint density at radius 2 is 1.84 bits per heavy atom. The number of unbranched alkanes of at least 4 members (excludes halogenated alkanes) is 2. The van der Waals surface area contributed by atoms with Crippen LogP contribution in [0.2, 0.25) is 0 Å². The fourth-order valence-corrected chi connectivity index (χ4v) is 3.45. The monoisotopic (exact) mass is 459 g/mol. The highest BCUT2D eigenvalue weighted by Gasteiger charge is 2.05. The summed E-state index contributed by atoms with van der Waals surface area (Å²) in [4.78, 5) is 8.65. The summed E-state index contributed by atoms with van der Waals surface area (Å²) >= 11 is 0. The van der Waals surface area contributed by atoms with E-state index in [-0.39, 0.29) is 6.61 Å². The number of hydrogen-bond acceptors (Lipinski definition) is 6. The van der Waals surface area contributed by atoms with E-state index < -0.39 is 8.25 Å². The number of anilines is 1. The van der Waals surface area contributed by atoms with Crippen molar-refractivity contribution < 1.29 is 18.7 Å². The lowest BCUT2D eigenvalue weighted by Crippen LogP contribution is -2.16. The smallest absolute Gasteiger partial charge is 0.316 e. The first kappa shape index (κ1) is 25.8. The molecule has 0 fully saturated rings. The first-order valence-electron chi connectivity index (χ1n) is 11.0. The standard InChI is InChI=1S/C24H34N3O4P/c25-14-7-16-27-23-19-22(20-26-15-8-18-31-32(28)29)12-13-24(23)30-17-6-2-5-11-21-9-3-1-4-10-21/h1,3-4,7,9-10,12-14,16,19,25-27,32H,2,5-6,8,11,15,17-18,20H2,(H,28,29)/b16-7-,25-14?. The summed E-state index contributed by atoms with van der Waals surface area (Å²) in [7, 11) is -2.84. The van der Waals surface area contributed by atoms with Crippen molar-refractivity contribution in [3.05, 3.63) is 71.9 Å². The van der Waals surface area contributed by atoms with Gasteiger partial charge in [0.1, 0.15) is 5.75 Å². The molecular weight excluding hydrogens is 425 g/mol. The van der Waals surface area contributed by atoms with Crippen LogP contribution >= 0.6 is 8.25 Å². The molecule has 0 aromatic heterocycles. The Bertz CT molecular complexity index is 846. The van der Waals surface area contributed by atoms with E-state index in [1.54, 1.807) is 12.3 Å². The average Bonchev–Trinajstić information content (AvgIpc) is 2.80. The first-order valence-corrected chi connectivity index (χ1v) is 12.2. The molecule has 0 aliphatic rings. The molecule has 2 rings (SSSR count). The Morgan fingerprint density at radius 3 is 2.62 bits per heavy atom. The Morgan fingerprint density at radius 1 is 1.00 bits per heavy atom. The highest BCUT2D eigenvalue weighted by atomic mass is 31.1. The van der Waals surface area contributed by atoms with Gasteiger partial charge in [-0.1, -0.05) is 36.4 Å². The van der Waals surface area contributed by atoms with Crippen LogP contribution in [0.25, 0.3) is 0 Å². The van der Waals surface area contributed by atoms with Crippen molar-refractivity contribution in [2.24, 2.45) is 0 Å². The average molecular weight is 460 g/mol. The number of ether oxygens (including phenoxy) is 1. The fourth-order valence-electron chi connectivity index (χ4n) is 3.14. The van der Waals surface area contributed by atoms with Crippen LogP contribution in [-0.2, 0) is 22.1 Å². The SMILES string of the molecule is N=C/C=C\Nc1cc(CNCCCO[PH](=O)O)ccc1OCCCCCc1ccccc1. The van der Waals surface area contributed by atoms with Crippen molar-refractivity contribution in [3.8, 4) is 5.75 Å². The van der Waals surface area contributed by atoms with Crippen LogP contribution < -0.4 is 15.4 Å². The lowest BCUT2D eigenvalue weighted by atomic mass is 10.1. The van der Waals surface area contributed by atoms with Crippen molar-refractivity contribution in [2.75, 3.05) is 25.1 Å². The topological polar surface area (TPSA) is 104 Å². The van der Waals surface area contributed by atoms with Crippen LogP contribution in [0.3, 0.4) is 0 Å². The van der Waals surface area contributed by atoms with Gasteiger partial charge in [0.25, 0.3) is 0 Å². The zero-order valence-corrected chi connectivity index (χ0v) is 19.4.